The van der Waals surface area contributed by atoms with Gasteiger partial charge in [-0.2, -0.15) is 0 Å². The average Bonchev–Trinajstić information content (AvgIpc) is 3.17. The van der Waals surface area contributed by atoms with Crippen molar-refractivity contribution in [2.75, 3.05) is 12.1 Å². The van der Waals surface area contributed by atoms with E-state index in [0.717, 1.165) is 23.5 Å². The van der Waals surface area contributed by atoms with Crippen molar-refractivity contribution in [3.8, 4) is 17.2 Å². The summed E-state index contributed by atoms with van der Waals surface area (Å²) in [4.78, 5) is 4.77. The minimum absolute atomic E-state index is 0.205. The smallest absolute Gasteiger partial charge is 0.231 e. The topological polar surface area (TPSA) is 75.1 Å². The van der Waals surface area contributed by atoms with Gasteiger partial charge in [-0.15, -0.1) is 0 Å². The van der Waals surface area contributed by atoms with Crippen molar-refractivity contribution in [2.24, 2.45) is 10.9 Å². The first kappa shape index (κ1) is 18.5. The minimum Gasteiger partial charge on any atom is -0.506 e. The lowest BCUT2D eigenvalue weighted by Crippen LogP contribution is -2.44. The van der Waals surface area contributed by atoms with Crippen molar-refractivity contribution in [1.29, 1.82) is 0 Å². The van der Waals surface area contributed by atoms with Crippen LogP contribution in [0.5, 0.6) is 17.2 Å². The number of anilines is 1. The molecular weight excluding hydrogens is 354 g/mol. The number of nitrogens with zero attached hydrogens (tertiary/aromatic N) is 1. The first-order chi connectivity index (χ1) is 13.7. The fraction of sp³-hybridized carbons (Fsp3) is 0.409. The van der Waals surface area contributed by atoms with Gasteiger partial charge in [0.15, 0.2) is 17.5 Å². The van der Waals surface area contributed by atoms with Crippen LogP contribution in [0.2, 0.25) is 0 Å². The van der Waals surface area contributed by atoms with Gasteiger partial charge in [0.2, 0.25) is 6.79 Å². The third-order valence-corrected chi connectivity index (χ3v) is 5.45. The van der Waals surface area contributed by atoms with E-state index in [-0.39, 0.29) is 12.5 Å². The number of benzene rings is 2. The number of phenolic OH excluding ortho intramolecular Hbond substituents is 1. The van der Waals surface area contributed by atoms with E-state index in [2.05, 4.69) is 17.6 Å². The molecule has 1 heterocycles. The number of para-hydroxylation sites is 2. The monoisotopic (exact) mass is 381 g/mol. The van der Waals surface area contributed by atoms with E-state index in [4.69, 9.17) is 14.5 Å². The summed E-state index contributed by atoms with van der Waals surface area (Å²) in [6.45, 7) is 3.05. The van der Waals surface area contributed by atoms with Crippen LogP contribution in [0, 0.1) is 5.92 Å². The molecule has 6 heteroatoms. The van der Waals surface area contributed by atoms with Crippen molar-refractivity contribution in [2.45, 2.75) is 45.2 Å². The molecule has 6 nitrogen and oxygen atoms in total. The van der Waals surface area contributed by atoms with E-state index in [1.807, 2.05) is 30.3 Å². The van der Waals surface area contributed by atoms with Crippen LogP contribution in [0.4, 0.5) is 5.69 Å². The molecule has 1 aliphatic carbocycles. The molecule has 148 valence electrons. The third-order valence-electron chi connectivity index (χ3n) is 5.45. The molecule has 0 radical (unpaired) electrons. The molecule has 0 aromatic heterocycles. The second kappa shape index (κ2) is 8.42. The summed E-state index contributed by atoms with van der Waals surface area (Å²) in [5, 5.41) is 17.0. The molecule has 2 aromatic carbocycles. The van der Waals surface area contributed by atoms with E-state index < -0.39 is 0 Å². The lowest BCUT2D eigenvalue weighted by Gasteiger charge is -2.31. The van der Waals surface area contributed by atoms with Gasteiger partial charge >= 0.3 is 0 Å². The van der Waals surface area contributed by atoms with Gasteiger partial charge in [-0.05, 0) is 48.6 Å². The fourth-order valence-corrected chi connectivity index (χ4v) is 3.74. The second-order valence-corrected chi connectivity index (χ2v) is 7.51. The molecule has 3 N–H and O–H groups in total. The molecule has 0 saturated heterocycles. The summed E-state index contributed by atoms with van der Waals surface area (Å²) < 4.78 is 10.8. The molecule has 2 unspecified atom stereocenters. The Morgan fingerprint density at radius 2 is 1.93 bits per heavy atom. The van der Waals surface area contributed by atoms with Crippen LogP contribution < -0.4 is 20.1 Å². The molecule has 0 amide bonds. The molecule has 28 heavy (non-hydrogen) atoms. The molecule has 1 fully saturated rings. The van der Waals surface area contributed by atoms with E-state index in [1.165, 1.54) is 19.3 Å². The Morgan fingerprint density at radius 3 is 2.79 bits per heavy atom. The number of fused-ring (bicyclic) bond motifs is 1. The Bertz CT molecular complexity index is 853. The van der Waals surface area contributed by atoms with E-state index >= 15 is 0 Å². The first-order valence-electron chi connectivity index (χ1n) is 9.93. The van der Waals surface area contributed by atoms with Crippen molar-refractivity contribution >= 4 is 11.6 Å². The zero-order chi connectivity index (χ0) is 19.3. The van der Waals surface area contributed by atoms with E-state index in [0.29, 0.717) is 30.2 Å². The largest absolute Gasteiger partial charge is 0.506 e. The Kier molecular flexibility index (Phi) is 5.55. The van der Waals surface area contributed by atoms with Crippen molar-refractivity contribution in [3.05, 3.63) is 48.0 Å². The predicted octanol–water partition coefficient (Wildman–Crippen LogP) is 4.26. The van der Waals surface area contributed by atoms with E-state index in [9.17, 15) is 5.11 Å². The summed E-state index contributed by atoms with van der Waals surface area (Å²) >= 11 is 0. The van der Waals surface area contributed by atoms with Crippen LogP contribution in [-0.4, -0.2) is 23.9 Å². The maximum atomic E-state index is 10.1. The molecule has 0 spiro atoms. The SMILES string of the molecule is CC1CCCCC1NC(=NCc1ccc2c(c1)OCO2)Nc1ccccc1O. The quantitative estimate of drug-likeness (QED) is 0.419. The number of phenols is 1. The van der Waals surface area contributed by atoms with Gasteiger partial charge in [0.25, 0.3) is 0 Å². The average molecular weight is 381 g/mol. The lowest BCUT2D eigenvalue weighted by molar-refractivity contribution is 0.174. The Balaban J connectivity index is 1.52. The highest BCUT2D eigenvalue weighted by molar-refractivity contribution is 5.95. The summed E-state index contributed by atoms with van der Waals surface area (Å²) in [6, 6.07) is 13.5. The van der Waals surface area contributed by atoms with Crippen LogP contribution in [0.3, 0.4) is 0 Å². The van der Waals surface area contributed by atoms with Crippen LogP contribution in [-0.2, 0) is 6.54 Å². The highest BCUT2D eigenvalue weighted by Gasteiger charge is 2.22. The van der Waals surface area contributed by atoms with Crippen LogP contribution in [0.15, 0.2) is 47.5 Å². The number of hydrogen-bond donors (Lipinski definition) is 3. The fourth-order valence-electron chi connectivity index (χ4n) is 3.74. The van der Waals surface area contributed by atoms with Crippen LogP contribution >= 0.6 is 0 Å². The number of aromatic hydroxyl groups is 1. The summed E-state index contributed by atoms with van der Waals surface area (Å²) in [6.07, 6.45) is 4.88. The maximum absolute atomic E-state index is 10.1. The molecule has 2 aliphatic rings. The zero-order valence-corrected chi connectivity index (χ0v) is 16.1. The van der Waals surface area contributed by atoms with Crippen molar-refractivity contribution in [3.63, 3.8) is 0 Å². The highest BCUT2D eigenvalue weighted by atomic mass is 16.7. The van der Waals surface area contributed by atoms with Gasteiger partial charge in [0, 0.05) is 6.04 Å². The first-order valence-corrected chi connectivity index (χ1v) is 9.93. The predicted molar refractivity (Wildman–Crippen MR) is 110 cm³/mol. The Morgan fingerprint density at radius 1 is 1.11 bits per heavy atom. The number of hydrogen-bond acceptors (Lipinski definition) is 4. The van der Waals surface area contributed by atoms with Crippen LogP contribution in [0.25, 0.3) is 0 Å². The summed E-state index contributed by atoms with van der Waals surface area (Å²) in [7, 11) is 0. The summed E-state index contributed by atoms with van der Waals surface area (Å²) in [5.41, 5.74) is 1.68. The number of rotatable bonds is 4. The van der Waals surface area contributed by atoms with Crippen molar-refractivity contribution < 1.29 is 14.6 Å². The Labute approximate surface area is 165 Å². The maximum Gasteiger partial charge on any atom is 0.231 e. The van der Waals surface area contributed by atoms with Gasteiger partial charge in [0.1, 0.15) is 5.75 Å². The van der Waals surface area contributed by atoms with Gasteiger partial charge in [-0.3, -0.25) is 0 Å². The number of aliphatic imine (C=N–C) groups is 1. The molecule has 2 aromatic rings. The van der Waals surface area contributed by atoms with Crippen LogP contribution in [0.1, 0.15) is 38.2 Å². The molecule has 1 saturated carbocycles. The molecule has 2 atom stereocenters. The molecule has 4 rings (SSSR count). The van der Waals surface area contributed by atoms with Gasteiger partial charge in [-0.1, -0.05) is 38.0 Å². The standard InChI is InChI=1S/C22H27N3O3/c1-15-6-2-3-7-17(15)24-22(25-18-8-4-5-9-19(18)26)23-13-16-10-11-20-21(12-16)28-14-27-20/h4-5,8-12,15,17,26H,2-3,6-7,13-14H2,1H3,(H2,23,24,25). The van der Waals surface area contributed by atoms with Gasteiger partial charge < -0.3 is 25.2 Å². The normalized spacial score (nSPS) is 21.4. The zero-order valence-electron chi connectivity index (χ0n) is 16.1. The van der Waals surface area contributed by atoms with E-state index in [1.54, 1.807) is 12.1 Å². The number of nitrogens with one attached hydrogen (secondary N) is 2. The lowest BCUT2D eigenvalue weighted by atomic mass is 9.86. The highest BCUT2D eigenvalue weighted by Crippen LogP contribution is 2.32. The number of guanidine groups is 1. The minimum atomic E-state index is 0.205. The summed E-state index contributed by atoms with van der Waals surface area (Å²) in [5.74, 6) is 3.01. The molecular formula is C22H27N3O3. The molecule has 0 bridgehead atoms. The van der Waals surface area contributed by atoms with Crippen molar-refractivity contribution in [1.82, 2.24) is 5.32 Å². The molecule has 1 aliphatic heterocycles. The number of ether oxygens (including phenoxy) is 2. The second-order valence-electron chi connectivity index (χ2n) is 7.51. The Hall–Kier alpha value is -2.89. The van der Waals surface area contributed by atoms with Gasteiger partial charge in [0.05, 0.1) is 12.2 Å². The third kappa shape index (κ3) is 4.32. The van der Waals surface area contributed by atoms with Gasteiger partial charge in [-0.25, -0.2) is 4.99 Å².